The molecule has 0 aliphatic heterocycles. The molecule has 0 spiro atoms. The molecular formula is C19H25F3O. The Hall–Kier alpha value is -1.71. The predicted octanol–water partition coefficient (Wildman–Crippen LogP) is 6.56. The molecule has 1 aromatic carbocycles. The molecule has 1 rings (SSSR count). The third-order valence-electron chi connectivity index (χ3n) is 3.59. The van der Waals surface area contributed by atoms with Crippen LogP contribution >= 0.6 is 0 Å². The van der Waals surface area contributed by atoms with Crippen molar-refractivity contribution in [1.82, 2.24) is 0 Å². The van der Waals surface area contributed by atoms with Gasteiger partial charge in [-0.15, -0.1) is 0 Å². The smallest absolute Gasteiger partial charge is 0.416 e. The average molecular weight is 326 g/mol. The van der Waals surface area contributed by atoms with E-state index in [1.807, 2.05) is 0 Å². The first-order valence-corrected chi connectivity index (χ1v) is 7.89. The van der Waals surface area contributed by atoms with E-state index < -0.39 is 11.7 Å². The van der Waals surface area contributed by atoms with E-state index in [-0.39, 0.29) is 5.75 Å². The lowest BCUT2D eigenvalue weighted by Crippen LogP contribution is -2.05. The molecule has 0 unspecified atom stereocenters. The third kappa shape index (κ3) is 6.51. The van der Waals surface area contributed by atoms with Gasteiger partial charge in [0.15, 0.2) is 0 Å². The second-order valence-electron chi connectivity index (χ2n) is 5.75. The maximum absolute atomic E-state index is 12.6. The summed E-state index contributed by atoms with van der Waals surface area (Å²) in [6.07, 6.45) is 0.477. The molecule has 23 heavy (non-hydrogen) atoms. The normalized spacial score (nSPS) is 12.2. The van der Waals surface area contributed by atoms with E-state index in [0.717, 1.165) is 31.4 Å². The van der Waals surface area contributed by atoms with Crippen LogP contribution in [0.4, 0.5) is 13.2 Å². The van der Waals surface area contributed by atoms with Gasteiger partial charge in [0.2, 0.25) is 0 Å². The van der Waals surface area contributed by atoms with Gasteiger partial charge in [-0.1, -0.05) is 30.2 Å². The van der Waals surface area contributed by atoms with Crippen LogP contribution in [-0.4, -0.2) is 6.61 Å². The Balaban J connectivity index is 2.58. The van der Waals surface area contributed by atoms with E-state index >= 15 is 0 Å². The maximum Gasteiger partial charge on any atom is 0.416 e. The molecule has 0 heterocycles. The van der Waals surface area contributed by atoms with Crippen molar-refractivity contribution in [3.63, 3.8) is 0 Å². The number of allylic oxidation sites excluding steroid dienone is 4. The Bertz CT molecular complexity index is 564. The molecule has 0 aliphatic rings. The molecule has 0 aromatic heterocycles. The zero-order valence-corrected chi connectivity index (χ0v) is 14.3. The van der Waals surface area contributed by atoms with Crippen molar-refractivity contribution in [2.75, 3.05) is 6.61 Å². The lowest BCUT2D eigenvalue weighted by molar-refractivity contribution is -0.137. The van der Waals surface area contributed by atoms with Crippen molar-refractivity contribution in [2.24, 2.45) is 0 Å². The van der Waals surface area contributed by atoms with Gasteiger partial charge < -0.3 is 4.74 Å². The topological polar surface area (TPSA) is 9.23 Å². The van der Waals surface area contributed by atoms with Gasteiger partial charge in [-0.05, 0) is 63.8 Å². The van der Waals surface area contributed by atoms with Crippen LogP contribution < -0.4 is 4.74 Å². The van der Waals surface area contributed by atoms with E-state index in [9.17, 15) is 13.2 Å². The van der Waals surface area contributed by atoms with E-state index in [0.29, 0.717) is 6.61 Å². The minimum atomic E-state index is -4.34. The van der Waals surface area contributed by atoms with Crippen LogP contribution in [0.25, 0.3) is 0 Å². The lowest BCUT2D eigenvalue weighted by Gasteiger charge is -2.13. The van der Waals surface area contributed by atoms with Crippen LogP contribution in [0, 0.1) is 0 Å². The standard InChI is InChI=1S/C19H25F3O/c1-5-8-15(4)18(14(2)3)11-7-12-23-17-10-6-9-16(13-17)19(20,21)22/h6,8-10,13H,5,7,11-12H2,1-4H3/b15-8-. The highest BCUT2D eigenvalue weighted by molar-refractivity contribution is 5.32. The monoisotopic (exact) mass is 326 g/mol. The molecule has 0 fully saturated rings. The van der Waals surface area contributed by atoms with Crippen molar-refractivity contribution in [2.45, 2.75) is 53.1 Å². The van der Waals surface area contributed by atoms with Crippen LogP contribution in [0.1, 0.15) is 52.5 Å². The molecule has 4 heteroatoms. The number of hydrogen-bond donors (Lipinski definition) is 0. The summed E-state index contributed by atoms with van der Waals surface area (Å²) in [6.45, 7) is 8.76. The summed E-state index contributed by atoms with van der Waals surface area (Å²) in [5.41, 5.74) is 3.17. The minimum Gasteiger partial charge on any atom is -0.494 e. The first-order valence-electron chi connectivity index (χ1n) is 7.89. The van der Waals surface area contributed by atoms with E-state index in [1.165, 1.54) is 22.8 Å². The highest BCUT2D eigenvalue weighted by Gasteiger charge is 2.30. The predicted molar refractivity (Wildman–Crippen MR) is 88.6 cm³/mol. The van der Waals surface area contributed by atoms with Crippen LogP contribution in [0.3, 0.4) is 0 Å². The summed E-state index contributed by atoms with van der Waals surface area (Å²) in [6, 6.07) is 5.02. The quantitative estimate of drug-likeness (QED) is 0.407. The molecule has 0 atom stereocenters. The Morgan fingerprint density at radius 3 is 2.43 bits per heavy atom. The number of ether oxygens (including phenoxy) is 1. The first-order chi connectivity index (χ1) is 10.8. The van der Waals surface area contributed by atoms with E-state index in [1.54, 1.807) is 6.07 Å². The van der Waals surface area contributed by atoms with Gasteiger partial charge in [-0.25, -0.2) is 0 Å². The molecule has 0 saturated heterocycles. The molecule has 1 aromatic rings. The maximum atomic E-state index is 12.6. The number of hydrogen-bond acceptors (Lipinski definition) is 1. The van der Waals surface area contributed by atoms with Crippen molar-refractivity contribution >= 4 is 0 Å². The summed E-state index contributed by atoms with van der Waals surface area (Å²) >= 11 is 0. The summed E-state index contributed by atoms with van der Waals surface area (Å²) in [5, 5.41) is 0. The largest absolute Gasteiger partial charge is 0.494 e. The molecular weight excluding hydrogens is 301 g/mol. The fourth-order valence-electron chi connectivity index (χ4n) is 2.47. The fourth-order valence-corrected chi connectivity index (χ4v) is 2.47. The van der Waals surface area contributed by atoms with Crippen molar-refractivity contribution in [3.05, 3.63) is 52.6 Å². The van der Waals surface area contributed by atoms with E-state index in [2.05, 4.69) is 33.8 Å². The highest BCUT2D eigenvalue weighted by Crippen LogP contribution is 2.31. The van der Waals surface area contributed by atoms with Gasteiger partial charge in [0.25, 0.3) is 0 Å². The Kier molecular flexibility index (Phi) is 7.40. The summed E-state index contributed by atoms with van der Waals surface area (Å²) in [7, 11) is 0. The molecule has 0 radical (unpaired) electrons. The summed E-state index contributed by atoms with van der Waals surface area (Å²) in [5.74, 6) is 0.263. The average Bonchev–Trinajstić information content (AvgIpc) is 2.46. The van der Waals surface area contributed by atoms with Crippen LogP contribution in [-0.2, 0) is 6.18 Å². The molecule has 0 aliphatic carbocycles. The van der Waals surface area contributed by atoms with Gasteiger partial charge in [0.1, 0.15) is 5.75 Å². The van der Waals surface area contributed by atoms with Gasteiger partial charge in [-0.2, -0.15) is 13.2 Å². The second-order valence-corrected chi connectivity index (χ2v) is 5.75. The van der Waals surface area contributed by atoms with Crippen LogP contribution in [0.2, 0.25) is 0 Å². The Labute approximate surface area is 136 Å². The van der Waals surface area contributed by atoms with Crippen molar-refractivity contribution in [1.29, 1.82) is 0 Å². The summed E-state index contributed by atoms with van der Waals surface area (Å²) < 4.78 is 43.4. The third-order valence-corrected chi connectivity index (χ3v) is 3.59. The molecule has 0 N–H and O–H groups in total. The summed E-state index contributed by atoms with van der Waals surface area (Å²) in [4.78, 5) is 0. The number of rotatable bonds is 7. The molecule has 0 saturated carbocycles. The Morgan fingerprint density at radius 2 is 1.87 bits per heavy atom. The van der Waals surface area contributed by atoms with Gasteiger partial charge in [-0.3, -0.25) is 0 Å². The Morgan fingerprint density at radius 1 is 1.17 bits per heavy atom. The first kappa shape index (κ1) is 19.3. The van der Waals surface area contributed by atoms with Gasteiger partial charge in [0.05, 0.1) is 12.2 Å². The van der Waals surface area contributed by atoms with Crippen LogP contribution in [0.5, 0.6) is 5.75 Å². The molecule has 0 amide bonds. The highest BCUT2D eigenvalue weighted by atomic mass is 19.4. The molecule has 128 valence electrons. The number of alkyl halides is 3. The van der Waals surface area contributed by atoms with E-state index in [4.69, 9.17) is 4.74 Å². The van der Waals surface area contributed by atoms with Gasteiger partial charge in [0, 0.05) is 0 Å². The molecule has 1 nitrogen and oxygen atoms in total. The zero-order chi connectivity index (χ0) is 17.5. The minimum absolute atomic E-state index is 0.263. The van der Waals surface area contributed by atoms with Crippen molar-refractivity contribution < 1.29 is 17.9 Å². The lowest BCUT2D eigenvalue weighted by atomic mass is 9.97. The van der Waals surface area contributed by atoms with Crippen molar-refractivity contribution in [3.8, 4) is 5.75 Å². The number of benzene rings is 1. The van der Waals surface area contributed by atoms with Crippen LogP contribution in [0.15, 0.2) is 47.1 Å². The fraction of sp³-hybridized carbons (Fsp3) is 0.474. The zero-order valence-electron chi connectivity index (χ0n) is 14.3. The van der Waals surface area contributed by atoms with Gasteiger partial charge >= 0.3 is 6.18 Å². The number of halogens is 3. The SMILES string of the molecule is CC/C=C(/C)C(CCCOc1cccc(C(F)(F)F)c1)=C(C)C. The second kappa shape index (κ2) is 8.80. The molecule has 0 bridgehead atoms.